The van der Waals surface area contributed by atoms with Crippen LogP contribution in [-0.4, -0.2) is 26.0 Å². The van der Waals surface area contributed by atoms with Crippen molar-refractivity contribution in [2.24, 2.45) is 12.1 Å². The summed E-state index contributed by atoms with van der Waals surface area (Å²) in [7, 11) is 1.97. The fraction of sp³-hybridized carbons (Fsp3) is 0.0588. The smallest absolute Gasteiger partial charge is 0.265 e. The van der Waals surface area contributed by atoms with Gasteiger partial charge in [-0.3, -0.25) is 0 Å². The second-order valence-corrected chi connectivity index (χ2v) is 5.16. The number of nitrogens with one attached hydrogen (secondary N) is 1. The molecule has 0 radical (unpaired) electrons. The molecule has 0 fully saturated rings. The third-order valence-electron chi connectivity index (χ3n) is 3.68. The van der Waals surface area contributed by atoms with Gasteiger partial charge in [-0.2, -0.15) is 10.1 Å². The lowest BCUT2D eigenvalue weighted by atomic mass is 10.2. The van der Waals surface area contributed by atoms with Crippen LogP contribution in [0.5, 0.6) is 0 Å². The number of hydrogen-bond acceptors (Lipinski definition) is 5. The molecule has 0 spiro atoms. The summed E-state index contributed by atoms with van der Waals surface area (Å²) in [5.74, 6) is 0.371. The van der Waals surface area contributed by atoms with E-state index >= 15 is 0 Å². The van der Waals surface area contributed by atoms with E-state index in [9.17, 15) is 0 Å². The van der Waals surface area contributed by atoms with Crippen LogP contribution < -0.4 is 5.43 Å². The van der Waals surface area contributed by atoms with Crippen LogP contribution in [0.25, 0.3) is 22.1 Å². The van der Waals surface area contributed by atoms with E-state index in [1.165, 1.54) is 0 Å². The van der Waals surface area contributed by atoms with Crippen LogP contribution in [0.4, 0.5) is 5.95 Å². The Balaban J connectivity index is 1.68. The van der Waals surface area contributed by atoms with Crippen LogP contribution in [0.3, 0.4) is 0 Å². The number of hydrogen-bond donors (Lipinski definition) is 1. The van der Waals surface area contributed by atoms with Gasteiger partial charge in [-0.05, 0) is 11.6 Å². The summed E-state index contributed by atoms with van der Waals surface area (Å²) < 4.78 is 2.01. The zero-order valence-electron chi connectivity index (χ0n) is 12.5. The Kier molecular flexibility index (Phi) is 3.20. The number of fused-ring (bicyclic) bond motifs is 3. The van der Waals surface area contributed by atoms with Crippen molar-refractivity contribution < 1.29 is 0 Å². The van der Waals surface area contributed by atoms with Gasteiger partial charge >= 0.3 is 0 Å². The van der Waals surface area contributed by atoms with E-state index < -0.39 is 0 Å². The summed E-state index contributed by atoms with van der Waals surface area (Å²) in [5, 5.41) is 13.6. The van der Waals surface area contributed by atoms with Crippen LogP contribution in [0.15, 0.2) is 59.7 Å². The summed E-state index contributed by atoms with van der Waals surface area (Å²) in [6.45, 7) is 0. The van der Waals surface area contributed by atoms with Gasteiger partial charge in [0.25, 0.3) is 5.95 Å². The second kappa shape index (κ2) is 5.49. The van der Waals surface area contributed by atoms with Crippen LogP contribution >= 0.6 is 0 Å². The van der Waals surface area contributed by atoms with Crippen LogP contribution in [0.2, 0.25) is 0 Å². The van der Waals surface area contributed by atoms with Gasteiger partial charge in [0.05, 0.1) is 11.7 Å². The molecule has 0 atom stereocenters. The van der Waals surface area contributed by atoms with Crippen molar-refractivity contribution in [3.8, 4) is 0 Å². The molecule has 0 aliphatic carbocycles. The summed E-state index contributed by atoms with van der Waals surface area (Å²) >= 11 is 0. The lowest BCUT2D eigenvalue weighted by Crippen LogP contribution is -2.00. The molecule has 2 heterocycles. The Morgan fingerprint density at radius 2 is 1.78 bits per heavy atom. The summed E-state index contributed by atoms with van der Waals surface area (Å²) in [4.78, 5) is 4.51. The molecule has 4 rings (SSSR count). The molecule has 6 heteroatoms. The number of hydrazone groups is 1. The third-order valence-corrected chi connectivity index (χ3v) is 3.68. The monoisotopic (exact) mass is 302 g/mol. The number of rotatable bonds is 3. The highest BCUT2D eigenvalue weighted by atomic mass is 15.4. The first kappa shape index (κ1) is 13.4. The van der Waals surface area contributed by atoms with Gasteiger partial charge in [-0.1, -0.05) is 48.5 Å². The highest BCUT2D eigenvalue weighted by molar-refractivity contribution is 6.04. The standard InChI is InChI=1S/C17H14N6/c1-23-14-10-6-5-9-13(14)15-16(23)19-17(22-20-15)21-18-11-12-7-3-2-4-8-12/h2-11H,1H3,(H,19,21,22)/b18-11+. The van der Waals surface area contributed by atoms with Crippen LogP contribution in [0.1, 0.15) is 5.56 Å². The second-order valence-electron chi connectivity index (χ2n) is 5.16. The Bertz CT molecular complexity index is 1000. The number of anilines is 1. The molecule has 0 aliphatic rings. The minimum Gasteiger partial charge on any atom is -0.327 e. The summed E-state index contributed by atoms with van der Waals surface area (Å²) in [6.07, 6.45) is 1.72. The molecule has 0 amide bonds. The van der Waals surface area contributed by atoms with E-state index in [0.29, 0.717) is 5.95 Å². The average molecular weight is 302 g/mol. The molecule has 0 bridgehead atoms. The molecule has 1 N–H and O–H groups in total. The van der Waals surface area contributed by atoms with Crippen molar-refractivity contribution in [3.05, 3.63) is 60.2 Å². The van der Waals surface area contributed by atoms with Gasteiger partial charge in [-0.15, -0.1) is 10.2 Å². The van der Waals surface area contributed by atoms with Crippen molar-refractivity contribution in [1.82, 2.24) is 19.7 Å². The van der Waals surface area contributed by atoms with Gasteiger partial charge < -0.3 is 4.57 Å². The molecule has 0 aliphatic heterocycles. The summed E-state index contributed by atoms with van der Waals surface area (Å²) in [5.41, 5.74) is 6.47. The van der Waals surface area contributed by atoms with Gasteiger partial charge in [0, 0.05) is 12.4 Å². The van der Waals surface area contributed by atoms with Crippen LogP contribution in [0, 0.1) is 0 Å². The zero-order chi connectivity index (χ0) is 15.6. The van der Waals surface area contributed by atoms with E-state index in [-0.39, 0.29) is 0 Å². The zero-order valence-corrected chi connectivity index (χ0v) is 12.5. The molecule has 23 heavy (non-hydrogen) atoms. The Morgan fingerprint density at radius 1 is 1.00 bits per heavy atom. The Hall–Kier alpha value is -3.28. The molecule has 4 aromatic rings. The van der Waals surface area contributed by atoms with Crippen molar-refractivity contribution in [2.75, 3.05) is 5.43 Å². The fourth-order valence-electron chi connectivity index (χ4n) is 2.56. The number of para-hydroxylation sites is 1. The first-order valence-electron chi connectivity index (χ1n) is 7.25. The number of nitrogens with zero attached hydrogens (tertiary/aromatic N) is 5. The van der Waals surface area contributed by atoms with E-state index in [4.69, 9.17) is 0 Å². The maximum absolute atomic E-state index is 4.51. The topological polar surface area (TPSA) is 68.0 Å². The predicted octanol–water partition coefficient (Wildman–Crippen LogP) is 2.96. The van der Waals surface area contributed by atoms with E-state index in [1.54, 1.807) is 6.21 Å². The lowest BCUT2D eigenvalue weighted by Gasteiger charge is -1.99. The first-order valence-corrected chi connectivity index (χ1v) is 7.25. The van der Waals surface area contributed by atoms with Gasteiger partial charge in [-0.25, -0.2) is 5.43 Å². The molecule has 6 nitrogen and oxygen atoms in total. The predicted molar refractivity (Wildman–Crippen MR) is 91.5 cm³/mol. The first-order chi connectivity index (χ1) is 11.3. The molecule has 112 valence electrons. The largest absolute Gasteiger partial charge is 0.327 e. The fourth-order valence-corrected chi connectivity index (χ4v) is 2.56. The summed E-state index contributed by atoms with van der Waals surface area (Å²) in [6, 6.07) is 17.9. The number of benzene rings is 2. The van der Waals surface area contributed by atoms with Crippen molar-refractivity contribution in [3.63, 3.8) is 0 Å². The van der Waals surface area contributed by atoms with E-state index in [2.05, 4.69) is 25.7 Å². The maximum atomic E-state index is 4.51. The Morgan fingerprint density at radius 3 is 2.65 bits per heavy atom. The van der Waals surface area contributed by atoms with Gasteiger partial charge in [0.1, 0.15) is 5.52 Å². The molecule has 0 saturated carbocycles. The molecule has 0 unspecified atom stereocenters. The molecular formula is C17H14N6. The highest BCUT2D eigenvalue weighted by Crippen LogP contribution is 2.24. The number of aromatic nitrogens is 4. The normalized spacial score (nSPS) is 11.5. The maximum Gasteiger partial charge on any atom is 0.265 e. The molecule has 2 aromatic heterocycles. The van der Waals surface area contributed by atoms with Gasteiger partial charge in [0.15, 0.2) is 5.65 Å². The SMILES string of the molecule is Cn1c2ccccc2c2nnc(N/N=C/c3ccccc3)nc21. The van der Waals surface area contributed by atoms with E-state index in [0.717, 1.165) is 27.6 Å². The quantitative estimate of drug-likeness (QED) is 0.466. The van der Waals surface area contributed by atoms with E-state index in [1.807, 2.05) is 66.2 Å². The number of aryl methyl sites for hydroxylation is 1. The lowest BCUT2D eigenvalue weighted by molar-refractivity contribution is 0.949. The molecule has 0 saturated heterocycles. The van der Waals surface area contributed by atoms with Crippen LogP contribution in [-0.2, 0) is 7.05 Å². The third kappa shape index (κ3) is 2.40. The highest BCUT2D eigenvalue weighted by Gasteiger charge is 2.11. The van der Waals surface area contributed by atoms with Crippen molar-refractivity contribution in [1.29, 1.82) is 0 Å². The van der Waals surface area contributed by atoms with Gasteiger partial charge in [0.2, 0.25) is 0 Å². The molecular weight excluding hydrogens is 288 g/mol. The van der Waals surface area contributed by atoms with Crippen molar-refractivity contribution >= 4 is 34.2 Å². The minimum absolute atomic E-state index is 0.371. The average Bonchev–Trinajstić information content (AvgIpc) is 2.89. The Labute approximate surface area is 132 Å². The van der Waals surface area contributed by atoms with Crippen molar-refractivity contribution in [2.45, 2.75) is 0 Å². The molecule has 2 aromatic carbocycles. The minimum atomic E-state index is 0.371.